The fourth-order valence-electron chi connectivity index (χ4n) is 1.97. The van der Waals surface area contributed by atoms with Gasteiger partial charge in [0.25, 0.3) is 0 Å². The highest BCUT2D eigenvalue weighted by Gasteiger charge is 2.46. The number of phosphoric ester groups is 1. The van der Waals surface area contributed by atoms with Crippen LogP contribution in [0, 0.1) is 0 Å². The molecule has 2 rings (SSSR count). The van der Waals surface area contributed by atoms with Crippen LogP contribution in [0.1, 0.15) is 13.2 Å². The van der Waals surface area contributed by atoms with Crippen molar-refractivity contribution in [1.82, 2.24) is 9.55 Å². The highest BCUT2D eigenvalue weighted by Crippen LogP contribution is 2.43. The minimum absolute atomic E-state index is 0.00908. The van der Waals surface area contributed by atoms with Gasteiger partial charge in [0.15, 0.2) is 6.23 Å². The molecule has 0 spiro atoms. The number of aliphatic hydroxyl groups is 1. The molecule has 4 atom stereocenters. The van der Waals surface area contributed by atoms with Gasteiger partial charge in [0.2, 0.25) is 0 Å². The average molecular weight is 307 g/mol. The number of nitrogens with zero attached hydrogens (tertiary/aromatic N) is 2. The third-order valence-electron chi connectivity index (χ3n) is 2.83. The van der Waals surface area contributed by atoms with E-state index in [1.165, 1.54) is 19.2 Å². The Kier molecular flexibility index (Phi) is 3.96. The normalized spacial score (nSPS) is 30.6. The highest BCUT2D eigenvalue weighted by molar-refractivity contribution is 7.46. The summed E-state index contributed by atoms with van der Waals surface area (Å²) < 4.78 is 21.6. The van der Waals surface area contributed by atoms with Crippen LogP contribution in [0.15, 0.2) is 17.1 Å². The van der Waals surface area contributed by atoms with Crippen LogP contribution in [-0.4, -0.2) is 42.8 Å². The first kappa shape index (κ1) is 15.1. The van der Waals surface area contributed by atoms with Gasteiger partial charge in [-0.25, -0.2) is 9.36 Å². The summed E-state index contributed by atoms with van der Waals surface area (Å²) in [6.07, 6.45) is -3.44. The second kappa shape index (κ2) is 5.24. The molecule has 0 amide bonds. The van der Waals surface area contributed by atoms with Crippen LogP contribution in [-0.2, 0) is 13.8 Å². The molecule has 1 aromatic rings. The minimum Gasteiger partial charge on any atom is -0.386 e. The van der Waals surface area contributed by atoms with Crippen LogP contribution in [0.4, 0.5) is 5.82 Å². The summed E-state index contributed by atoms with van der Waals surface area (Å²) in [5.41, 5.74) is 4.59. The predicted octanol–water partition coefficient (Wildman–Crippen LogP) is -1.42. The molecule has 1 aliphatic rings. The van der Waals surface area contributed by atoms with E-state index in [0.717, 1.165) is 4.57 Å². The van der Waals surface area contributed by atoms with E-state index in [2.05, 4.69) is 9.51 Å². The number of nitrogens with two attached hydrogens (primary N) is 1. The van der Waals surface area contributed by atoms with E-state index in [1.807, 2.05) is 0 Å². The monoisotopic (exact) mass is 307 g/mol. The number of aliphatic hydroxyl groups excluding tert-OH is 1. The molecule has 5 N–H and O–H groups in total. The van der Waals surface area contributed by atoms with E-state index in [4.69, 9.17) is 20.3 Å². The van der Waals surface area contributed by atoms with Crippen molar-refractivity contribution in [2.75, 3.05) is 5.73 Å². The van der Waals surface area contributed by atoms with Crippen molar-refractivity contribution in [2.45, 2.75) is 31.5 Å². The first-order valence-electron chi connectivity index (χ1n) is 5.61. The standard InChI is InChI=1S/C9H14N3O7P/c1-4-7(19-20(15,16)17)6(13)8(18-4)12-3-2-5(10)11-9(12)14/h2-4,6-8,13H,1H3,(H2,10,11,14)(H2,15,16,17)/t4-,6?,7?,8-/m1/s1. The average Bonchev–Trinajstić information content (AvgIpc) is 2.55. The molecule has 2 heterocycles. The molecule has 2 unspecified atom stereocenters. The molecule has 112 valence electrons. The van der Waals surface area contributed by atoms with E-state index in [0.29, 0.717) is 0 Å². The van der Waals surface area contributed by atoms with Gasteiger partial charge in [-0.15, -0.1) is 0 Å². The van der Waals surface area contributed by atoms with Crippen molar-refractivity contribution in [2.24, 2.45) is 0 Å². The van der Waals surface area contributed by atoms with Crippen molar-refractivity contribution in [3.05, 3.63) is 22.7 Å². The first-order valence-corrected chi connectivity index (χ1v) is 7.14. The number of hydrogen-bond donors (Lipinski definition) is 4. The molecular formula is C9H14N3O7P. The van der Waals surface area contributed by atoms with Crippen molar-refractivity contribution in [3.63, 3.8) is 0 Å². The Morgan fingerprint density at radius 3 is 2.75 bits per heavy atom. The Labute approximate surface area is 113 Å². The van der Waals surface area contributed by atoms with Gasteiger partial charge >= 0.3 is 13.5 Å². The molecule has 20 heavy (non-hydrogen) atoms. The SMILES string of the molecule is C[C@H]1O[C@@H](n2ccc(N)nc2=O)C(O)C1OP(=O)(O)O. The van der Waals surface area contributed by atoms with Crippen molar-refractivity contribution in [3.8, 4) is 0 Å². The lowest BCUT2D eigenvalue weighted by Crippen LogP contribution is -2.36. The maximum atomic E-state index is 11.7. The second-order valence-corrected chi connectivity index (χ2v) is 5.52. The first-order chi connectivity index (χ1) is 9.19. The summed E-state index contributed by atoms with van der Waals surface area (Å²) in [6.45, 7) is 1.46. The summed E-state index contributed by atoms with van der Waals surface area (Å²) in [7, 11) is -4.79. The number of anilines is 1. The maximum Gasteiger partial charge on any atom is 0.470 e. The Balaban J connectivity index is 2.27. The molecular weight excluding hydrogens is 293 g/mol. The molecule has 10 nitrogen and oxygen atoms in total. The van der Waals surface area contributed by atoms with Crippen LogP contribution in [0.5, 0.6) is 0 Å². The van der Waals surface area contributed by atoms with Gasteiger partial charge in [-0.2, -0.15) is 4.98 Å². The smallest absolute Gasteiger partial charge is 0.386 e. The largest absolute Gasteiger partial charge is 0.470 e. The molecule has 11 heteroatoms. The van der Waals surface area contributed by atoms with Gasteiger partial charge in [0, 0.05) is 6.20 Å². The molecule has 0 saturated carbocycles. The lowest BCUT2D eigenvalue weighted by atomic mass is 10.1. The van der Waals surface area contributed by atoms with Gasteiger partial charge in [-0.3, -0.25) is 9.09 Å². The Morgan fingerprint density at radius 2 is 2.20 bits per heavy atom. The number of ether oxygens (including phenoxy) is 1. The Morgan fingerprint density at radius 1 is 1.55 bits per heavy atom. The maximum absolute atomic E-state index is 11.7. The van der Waals surface area contributed by atoms with Crippen molar-refractivity contribution >= 4 is 13.6 Å². The summed E-state index contributed by atoms with van der Waals surface area (Å²) in [5.74, 6) is 0.00908. The van der Waals surface area contributed by atoms with Gasteiger partial charge in [-0.05, 0) is 13.0 Å². The van der Waals surface area contributed by atoms with Crippen molar-refractivity contribution < 1.29 is 28.7 Å². The van der Waals surface area contributed by atoms with E-state index >= 15 is 0 Å². The van der Waals surface area contributed by atoms with E-state index < -0.39 is 38.1 Å². The van der Waals surface area contributed by atoms with Gasteiger partial charge < -0.3 is 25.4 Å². The molecule has 1 saturated heterocycles. The highest BCUT2D eigenvalue weighted by atomic mass is 31.2. The van der Waals surface area contributed by atoms with E-state index in [9.17, 15) is 14.5 Å². The van der Waals surface area contributed by atoms with Gasteiger partial charge in [0.1, 0.15) is 18.0 Å². The summed E-state index contributed by atoms with van der Waals surface area (Å²) >= 11 is 0. The topological polar surface area (TPSA) is 157 Å². The predicted molar refractivity (Wildman–Crippen MR) is 65.4 cm³/mol. The molecule has 0 bridgehead atoms. The minimum atomic E-state index is -4.79. The summed E-state index contributed by atoms with van der Waals surface area (Å²) in [6, 6.07) is 1.33. The van der Waals surface area contributed by atoms with Crippen LogP contribution in [0.2, 0.25) is 0 Å². The number of phosphoric acid groups is 1. The van der Waals surface area contributed by atoms with Crippen molar-refractivity contribution in [1.29, 1.82) is 0 Å². The molecule has 0 radical (unpaired) electrons. The third kappa shape index (κ3) is 3.06. The quantitative estimate of drug-likeness (QED) is 0.492. The van der Waals surface area contributed by atoms with Crippen LogP contribution in [0.3, 0.4) is 0 Å². The van der Waals surface area contributed by atoms with Crippen LogP contribution >= 0.6 is 7.82 Å². The van der Waals surface area contributed by atoms with Crippen LogP contribution < -0.4 is 11.4 Å². The Bertz CT molecular complexity index is 599. The summed E-state index contributed by atoms with van der Waals surface area (Å²) in [5, 5.41) is 10.0. The van der Waals surface area contributed by atoms with E-state index in [-0.39, 0.29) is 5.82 Å². The van der Waals surface area contributed by atoms with Crippen LogP contribution in [0.25, 0.3) is 0 Å². The number of rotatable bonds is 3. The number of hydrogen-bond acceptors (Lipinski definition) is 7. The second-order valence-electron chi connectivity index (χ2n) is 4.33. The molecule has 1 fully saturated rings. The van der Waals surface area contributed by atoms with Gasteiger partial charge in [0.05, 0.1) is 6.10 Å². The molecule has 1 aromatic heterocycles. The van der Waals surface area contributed by atoms with E-state index in [1.54, 1.807) is 0 Å². The molecule has 0 aliphatic carbocycles. The zero-order valence-electron chi connectivity index (χ0n) is 10.4. The van der Waals surface area contributed by atoms with Gasteiger partial charge in [-0.1, -0.05) is 0 Å². The molecule has 0 aromatic carbocycles. The Hall–Kier alpha value is -1.29. The lowest BCUT2D eigenvalue weighted by molar-refractivity contribution is -0.0349. The fourth-order valence-corrected chi connectivity index (χ4v) is 2.59. The zero-order chi connectivity index (χ0) is 15.1. The fraction of sp³-hybridized carbons (Fsp3) is 0.556. The third-order valence-corrected chi connectivity index (χ3v) is 3.35. The molecule has 1 aliphatic heterocycles. The zero-order valence-corrected chi connectivity index (χ0v) is 11.3. The number of aromatic nitrogens is 2. The number of nitrogen functional groups attached to an aromatic ring is 1. The lowest BCUT2D eigenvalue weighted by Gasteiger charge is -2.19. The summed E-state index contributed by atoms with van der Waals surface area (Å²) in [4.78, 5) is 32.7.